The molecule has 1 fully saturated rings. The molecule has 0 radical (unpaired) electrons. The molecule has 2 heterocycles. The maximum atomic E-state index is 6.00. The van der Waals surface area contributed by atoms with Crippen molar-refractivity contribution in [2.45, 2.75) is 38.9 Å². The van der Waals surface area contributed by atoms with Crippen molar-refractivity contribution in [2.24, 2.45) is 5.73 Å². The second-order valence-corrected chi connectivity index (χ2v) is 6.52. The van der Waals surface area contributed by atoms with Crippen LogP contribution in [0.25, 0.3) is 6.08 Å². The van der Waals surface area contributed by atoms with E-state index < -0.39 is 18.3 Å². The van der Waals surface area contributed by atoms with Crippen LogP contribution in [0.3, 0.4) is 0 Å². The number of nitrogens with two attached hydrogens (primary N) is 2. The molecule has 0 spiro atoms. The van der Waals surface area contributed by atoms with Crippen LogP contribution in [0.2, 0.25) is 5.15 Å². The van der Waals surface area contributed by atoms with Gasteiger partial charge in [0.2, 0.25) is 0 Å². The summed E-state index contributed by atoms with van der Waals surface area (Å²) < 4.78 is 12.0. The quantitative estimate of drug-likeness (QED) is 0.661. The van der Waals surface area contributed by atoms with Crippen molar-refractivity contribution in [3.05, 3.63) is 28.5 Å². The van der Waals surface area contributed by atoms with Gasteiger partial charge in [-0.2, -0.15) is 0 Å². The number of pyridine rings is 1. The third-order valence-corrected chi connectivity index (χ3v) is 4.35. The first-order valence-corrected chi connectivity index (χ1v) is 7.21. The lowest BCUT2D eigenvalue weighted by molar-refractivity contribution is 0.00578. The van der Waals surface area contributed by atoms with Crippen LogP contribution >= 0.6 is 11.6 Å². The molecule has 1 saturated heterocycles. The molecule has 21 heavy (non-hydrogen) atoms. The molecule has 0 aliphatic carbocycles. The minimum Gasteiger partial charge on any atom is -0.400 e. The average Bonchev–Trinajstić information content (AvgIpc) is 2.59. The van der Waals surface area contributed by atoms with Gasteiger partial charge >= 0.3 is 7.12 Å². The molecular weight excluding hydrogens is 288 g/mol. The Morgan fingerprint density at radius 1 is 1.33 bits per heavy atom. The maximum Gasteiger partial charge on any atom is 0.491 e. The lowest BCUT2D eigenvalue weighted by atomic mass is 9.77. The zero-order valence-electron chi connectivity index (χ0n) is 12.8. The molecular formula is C14H21BClN3O2. The van der Waals surface area contributed by atoms with E-state index in [-0.39, 0.29) is 5.15 Å². The van der Waals surface area contributed by atoms with Crippen LogP contribution in [0, 0.1) is 0 Å². The van der Waals surface area contributed by atoms with E-state index in [2.05, 4.69) is 4.98 Å². The lowest BCUT2D eigenvalue weighted by Gasteiger charge is -2.32. The summed E-state index contributed by atoms with van der Waals surface area (Å²) in [4.78, 5) is 4.02. The molecule has 0 atom stereocenters. The SMILES string of the molecule is CC1(C)OB(C(=Cc2cnc(Cl)c(N)c2)CN)OC1(C)C. The van der Waals surface area contributed by atoms with E-state index in [1.807, 2.05) is 33.8 Å². The van der Waals surface area contributed by atoms with E-state index in [4.69, 9.17) is 32.4 Å². The van der Waals surface area contributed by atoms with Crippen LogP contribution in [0.1, 0.15) is 33.3 Å². The van der Waals surface area contributed by atoms with Gasteiger partial charge in [0.05, 0.1) is 16.9 Å². The van der Waals surface area contributed by atoms with Crippen molar-refractivity contribution in [1.82, 2.24) is 4.98 Å². The van der Waals surface area contributed by atoms with Gasteiger partial charge in [0.25, 0.3) is 0 Å². The van der Waals surface area contributed by atoms with Crippen molar-refractivity contribution < 1.29 is 9.31 Å². The number of halogens is 1. The van der Waals surface area contributed by atoms with Gasteiger partial charge in [-0.15, -0.1) is 0 Å². The molecule has 0 aromatic carbocycles. The number of hydrogen-bond donors (Lipinski definition) is 2. The van der Waals surface area contributed by atoms with Crippen LogP contribution in [-0.4, -0.2) is 29.8 Å². The van der Waals surface area contributed by atoms with Crippen LogP contribution in [0.15, 0.2) is 17.7 Å². The third-order valence-electron chi connectivity index (χ3n) is 4.03. The van der Waals surface area contributed by atoms with Crippen LogP contribution in [0.5, 0.6) is 0 Å². The summed E-state index contributed by atoms with van der Waals surface area (Å²) in [6.07, 6.45) is 3.52. The van der Waals surface area contributed by atoms with E-state index in [1.165, 1.54) is 0 Å². The molecule has 114 valence electrons. The Morgan fingerprint density at radius 2 is 1.90 bits per heavy atom. The van der Waals surface area contributed by atoms with Crippen LogP contribution in [0.4, 0.5) is 5.69 Å². The maximum absolute atomic E-state index is 6.00. The highest BCUT2D eigenvalue weighted by Crippen LogP contribution is 2.38. The molecule has 0 unspecified atom stereocenters. The summed E-state index contributed by atoms with van der Waals surface area (Å²) in [5, 5.41) is 0.289. The van der Waals surface area contributed by atoms with Gasteiger partial charge in [0.1, 0.15) is 0 Å². The fourth-order valence-corrected chi connectivity index (χ4v) is 2.10. The Hall–Kier alpha value is -1.08. The first-order chi connectivity index (χ1) is 9.66. The number of nitrogens with zero attached hydrogens (tertiary/aromatic N) is 1. The molecule has 7 heteroatoms. The molecule has 0 bridgehead atoms. The van der Waals surface area contributed by atoms with E-state index in [0.717, 1.165) is 11.0 Å². The van der Waals surface area contributed by atoms with Gasteiger partial charge in [-0.1, -0.05) is 17.7 Å². The Bertz CT molecular complexity index is 559. The zero-order valence-corrected chi connectivity index (χ0v) is 13.6. The van der Waals surface area contributed by atoms with Gasteiger partial charge in [0, 0.05) is 12.7 Å². The monoisotopic (exact) mass is 309 g/mol. The van der Waals surface area contributed by atoms with Crippen LogP contribution in [-0.2, 0) is 9.31 Å². The highest BCUT2D eigenvalue weighted by atomic mass is 35.5. The average molecular weight is 310 g/mol. The highest BCUT2D eigenvalue weighted by Gasteiger charge is 2.52. The van der Waals surface area contributed by atoms with E-state index >= 15 is 0 Å². The van der Waals surface area contributed by atoms with Crippen molar-refractivity contribution in [3.63, 3.8) is 0 Å². The Kier molecular flexibility index (Phi) is 4.35. The van der Waals surface area contributed by atoms with Crippen LogP contribution < -0.4 is 11.5 Å². The normalized spacial score (nSPS) is 20.9. The molecule has 1 aliphatic rings. The second-order valence-electron chi connectivity index (χ2n) is 6.16. The number of aromatic nitrogens is 1. The summed E-state index contributed by atoms with van der Waals surface area (Å²) in [5.41, 5.74) is 12.9. The lowest BCUT2D eigenvalue weighted by Crippen LogP contribution is -2.41. The Balaban J connectivity index is 2.28. The minimum atomic E-state index is -0.475. The molecule has 1 aromatic rings. The Morgan fingerprint density at radius 3 is 2.38 bits per heavy atom. The molecule has 4 N–H and O–H groups in total. The first kappa shape index (κ1) is 16.3. The molecule has 0 saturated carbocycles. The van der Waals surface area contributed by atoms with Crippen molar-refractivity contribution in [1.29, 1.82) is 0 Å². The summed E-state index contributed by atoms with van der Waals surface area (Å²) in [6, 6.07) is 1.75. The standard InChI is InChI=1S/C14H21BClN3O2/c1-13(2)14(3,4)21-15(20-13)10(7-17)5-9-6-11(18)12(16)19-8-9/h5-6,8H,7,17-18H2,1-4H3. The van der Waals surface area contributed by atoms with Gasteiger partial charge in [-0.25, -0.2) is 4.98 Å². The molecule has 2 rings (SSSR count). The number of anilines is 1. The smallest absolute Gasteiger partial charge is 0.400 e. The van der Waals surface area contributed by atoms with Gasteiger partial charge in [-0.05, 0) is 44.8 Å². The topological polar surface area (TPSA) is 83.4 Å². The fourth-order valence-electron chi connectivity index (χ4n) is 1.99. The molecule has 1 aromatic heterocycles. The predicted octanol–water partition coefficient (Wildman–Crippen LogP) is 2.29. The van der Waals surface area contributed by atoms with Crippen molar-refractivity contribution in [2.75, 3.05) is 12.3 Å². The second kappa shape index (κ2) is 5.61. The van der Waals surface area contributed by atoms with E-state index in [1.54, 1.807) is 12.3 Å². The highest BCUT2D eigenvalue weighted by molar-refractivity contribution is 6.55. The summed E-state index contributed by atoms with van der Waals surface area (Å²) in [6.45, 7) is 8.33. The Labute approximate surface area is 130 Å². The number of hydrogen-bond acceptors (Lipinski definition) is 5. The van der Waals surface area contributed by atoms with E-state index in [9.17, 15) is 0 Å². The van der Waals surface area contributed by atoms with E-state index in [0.29, 0.717) is 12.2 Å². The first-order valence-electron chi connectivity index (χ1n) is 6.83. The third kappa shape index (κ3) is 3.24. The summed E-state index contributed by atoms with van der Waals surface area (Å²) in [7, 11) is -0.475. The van der Waals surface area contributed by atoms with Gasteiger partial charge in [-0.3, -0.25) is 0 Å². The molecule has 1 aliphatic heterocycles. The largest absolute Gasteiger partial charge is 0.491 e. The number of nitrogen functional groups attached to an aromatic ring is 1. The summed E-state index contributed by atoms with van der Waals surface area (Å²) in [5.74, 6) is 0. The molecule has 5 nitrogen and oxygen atoms in total. The van der Waals surface area contributed by atoms with Crippen molar-refractivity contribution >= 4 is 30.5 Å². The fraction of sp³-hybridized carbons (Fsp3) is 0.500. The zero-order chi connectivity index (χ0) is 15.8. The minimum absolute atomic E-state index is 0.289. The predicted molar refractivity (Wildman–Crippen MR) is 86.8 cm³/mol. The van der Waals surface area contributed by atoms with Gasteiger partial charge < -0.3 is 20.8 Å². The molecule has 0 amide bonds. The summed E-state index contributed by atoms with van der Waals surface area (Å²) >= 11 is 5.82. The number of rotatable bonds is 3. The van der Waals surface area contributed by atoms with Gasteiger partial charge in [0.15, 0.2) is 5.15 Å². The van der Waals surface area contributed by atoms with Crippen molar-refractivity contribution in [3.8, 4) is 0 Å².